The van der Waals surface area contributed by atoms with Gasteiger partial charge in [0.1, 0.15) is 12.3 Å². The molecule has 38 heavy (non-hydrogen) atoms. The Balaban J connectivity index is 1.58. The number of morpholine rings is 1. The van der Waals surface area contributed by atoms with Crippen LogP contribution in [0.1, 0.15) is 37.4 Å². The van der Waals surface area contributed by atoms with Crippen LogP contribution < -0.4 is 10.1 Å². The minimum absolute atomic E-state index is 0.0520. The zero-order chi connectivity index (χ0) is 27.1. The summed E-state index contributed by atoms with van der Waals surface area (Å²) in [5, 5.41) is 9.74. The second kappa shape index (κ2) is 13.1. The summed E-state index contributed by atoms with van der Waals surface area (Å²) in [5.41, 5.74) is 2.45. The number of ether oxygens (including phenoxy) is 2. The molecule has 0 aromatic heterocycles. The largest absolute Gasteiger partial charge is 0.497 e. The molecular formula is C28H36ClN5O4. The standard InChI is InChI=1S/C28H36ClN5O4/c1-20(2)30-28(36)33(12-11-32-13-15-38-16-14-32)19-27(35)34-26(23-9-4-5-10-24(23)29)18-25(31-34)21-7-6-8-22(17-21)37-3/h4-10,17,20,26H,11-16,18-19H2,1-3H3,(H,30,36)/t26-/m1/s1. The fourth-order valence-electron chi connectivity index (χ4n) is 4.62. The van der Waals surface area contributed by atoms with Crippen molar-refractivity contribution in [3.8, 4) is 5.75 Å². The lowest BCUT2D eigenvalue weighted by atomic mass is 9.98. The molecule has 2 aliphatic rings. The number of hydrogen-bond acceptors (Lipinski definition) is 6. The van der Waals surface area contributed by atoms with Gasteiger partial charge >= 0.3 is 6.03 Å². The topological polar surface area (TPSA) is 86.7 Å². The summed E-state index contributed by atoms with van der Waals surface area (Å²) in [6.07, 6.45) is 0.495. The molecule has 2 aliphatic heterocycles. The number of benzene rings is 2. The van der Waals surface area contributed by atoms with Gasteiger partial charge in [-0.05, 0) is 37.6 Å². The van der Waals surface area contributed by atoms with E-state index in [4.69, 9.17) is 26.2 Å². The molecule has 2 aromatic carbocycles. The van der Waals surface area contributed by atoms with E-state index in [1.54, 1.807) is 12.0 Å². The Hall–Kier alpha value is -3.14. The maximum Gasteiger partial charge on any atom is 0.318 e. The SMILES string of the molecule is COc1cccc(C2=NN(C(=O)CN(CCN3CCOCC3)C(=O)NC(C)C)[C@@H](c3ccccc3Cl)C2)c1. The van der Waals surface area contributed by atoms with Crippen molar-refractivity contribution in [3.63, 3.8) is 0 Å². The van der Waals surface area contributed by atoms with Crippen LogP contribution in [-0.2, 0) is 9.53 Å². The van der Waals surface area contributed by atoms with Crippen LogP contribution in [0.2, 0.25) is 5.02 Å². The first-order valence-electron chi connectivity index (χ1n) is 13.0. The predicted octanol–water partition coefficient (Wildman–Crippen LogP) is 3.78. The molecule has 0 bridgehead atoms. The highest BCUT2D eigenvalue weighted by molar-refractivity contribution is 6.31. The third-order valence-electron chi connectivity index (χ3n) is 6.65. The number of nitrogens with zero attached hydrogens (tertiary/aromatic N) is 4. The first-order valence-corrected chi connectivity index (χ1v) is 13.4. The second-order valence-electron chi connectivity index (χ2n) is 9.74. The average Bonchev–Trinajstić information content (AvgIpc) is 3.37. The van der Waals surface area contributed by atoms with E-state index in [1.165, 1.54) is 5.01 Å². The fraction of sp³-hybridized carbons (Fsp3) is 0.464. The number of hydrazone groups is 1. The summed E-state index contributed by atoms with van der Waals surface area (Å²) in [5.74, 6) is 0.442. The van der Waals surface area contributed by atoms with Gasteiger partial charge in [-0.2, -0.15) is 5.10 Å². The number of rotatable bonds is 9. The lowest BCUT2D eigenvalue weighted by Crippen LogP contribution is -2.50. The molecule has 0 radical (unpaired) electrons. The summed E-state index contributed by atoms with van der Waals surface area (Å²) in [4.78, 5) is 30.7. The van der Waals surface area contributed by atoms with E-state index in [1.807, 2.05) is 62.4 Å². The van der Waals surface area contributed by atoms with Crippen LogP contribution in [0.5, 0.6) is 5.75 Å². The highest BCUT2D eigenvalue weighted by Gasteiger charge is 2.35. The third kappa shape index (κ3) is 7.03. The maximum absolute atomic E-state index is 13.8. The Morgan fingerprint density at radius 3 is 2.66 bits per heavy atom. The Bertz CT molecular complexity index is 1150. The monoisotopic (exact) mass is 541 g/mol. The van der Waals surface area contributed by atoms with Crippen LogP contribution in [0.15, 0.2) is 53.6 Å². The molecule has 2 heterocycles. The molecule has 1 saturated heterocycles. The molecule has 0 aliphatic carbocycles. The van der Waals surface area contributed by atoms with Crippen LogP contribution in [0.25, 0.3) is 0 Å². The van der Waals surface area contributed by atoms with Gasteiger partial charge < -0.3 is 19.7 Å². The van der Waals surface area contributed by atoms with Crippen molar-refractivity contribution in [1.82, 2.24) is 20.1 Å². The summed E-state index contributed by atoms with van der Waals surface area (Å²) >= 11 is 6.57. The molecule has 0 unspecified atom stereocenters. The highest BCUT2D eigenvalue weighted by atomic mass is 35.5. The fourth-order valence-corrected chi connectivity index (χ4v) is 4.88. The van der Waals surface area contributed by atoms with Crippen LogP contribution >= 0.6 is 11.6 Å². The molecule has 3 amide bonds. The van der Waals surface area contributed by atoms with Gasteiger partial charge in [-0.25, -0.2) is 9.80 Å². The molecular weight excluding hydrogens is 506 g/mol. The van der Waals surface area contributed by atoms with Gasteiger partial charge in [-0.1, -0.05) is 41.9 Å². The number of halogens is 1. The molecule has 204 valence electrons. The van der Waals surface area contributed by atoms with Crippen molar-refractivity contribution in [2.45, 2.75) is 32.4 Å². The summed E-state index contributed by atoms with van der Waals surface area (Å²) in [6, 6.07) is 14.4. The van der Waals surface area contributed by atoms with Gasteiger partial charge in [0.15, 0.2) is 0 Å². The van der Waals surface area contributed by atoms with Gasteiger partial charge in [0.2, 0.25) is 0 Å². The van der Waals surface area contributed by atoms with E-state index < -0.39 is 0 Å². The normalized spacial score (nSPS) is 17.9. The molecule has 10 heteroatoms. The lowest BCUT2D eigenvalue weighted by Gasteiger charge is -2.31. The van der Waals surface area contributed by atoms with Crippen molar-refractivity contribution in [3.05, 3.63) is 64.7 Å². The molecule has 1 N–H and O–H groups in total. The van der Waals surface area contributed by atoms with E-state index in [0.717, 1.165) is 29.9 Å². The lowest BCUT2D eigenvalue weighted by molar-refractivity contribution is -0.133. The highest BCUT2D eigenvalue weighted by Crippen LogP contribution is 2.36. The molecule has 1 atom stereocenters. The quantitative estimate of drug-likeness (QED) is 0.522. The van der Waals surface area contributed by atoms with Gasteiger partial charge in [0.25, 0.3) is 5.91 Å². The molecule has 4 rings (SSSR count). The molecule has 0 spiro atoms. The Labute approximate surface area is 229 Å². The summed E-state index contributed by atoms with van der Waals surface area (Å²) in [7, 11) is 1.62. The minimum Gasteiger partial charge on any atom is -0.497 e. The van der Waals surface area contributed by atoms with Gasteiger partial charge in [0, 0.05) is 49.2 Å². The van der Waals surface area contributed by atoms with Crippen molar-refractivity contribution in [1.29, 1.82) is 0 Å². The molecule has 9 nitrogen and oxygen atoms in total. The van der Waals surface area contributed by atoms with Crippen LogP contribution in [-0.4, -0.2) is 91.5 Å². The predicted molar refractivity (Wildman–Crippen MR) is 148 cm³/mol. The number of amides is 3. The smallest absolute Gasteiger partial charge is 0.318 e. The first kappa shape index (κ1) is 27.9. The summed E-state index contributed by atoms with van der Waals surface area (Å²) in [6.45, 7) is 7.74. The van der Waals surface area contributed by atoms with Gasteiger partial charge in [-0.15, -0.1) is 0 Å². The third-order valence-corrected chi connectivity index (χ3v) is 6.99. The van der Waals surface area contributed by atoms with Crippen LogP contribution in [0.4, 0.5) is 4.79 Å². The van der Waals surface area contributed by atoms with E-state index in [2.05, 4.69) is 10.2 Å². The molecule has 0 saturated carbocycles. The zero-order valence-electron chi connectivity index (χ0n) is 22.2. The number of hydrogen-bond donors (Lipinski definition) is 1. The number of carbonyl (C=O) groups is 2. The van der Waals surface area contributed by atoms with Crippen molar-refractivity contribution in [2.24, 2.45) is 5.10 Å². The zero-order valence-corrected chi connectivity index (χ0v) is 23.0. The van der Waals surface area contributed by atoms with Crippen molar-refractivity contribution >= 4 is 29.3 Å². The second-order valence-corrected chi connectivity index (χ2v) is 10.1. The Morgan fingerprint density at radius 2 is 1.95 bits per heavy atom. The van der Waals surface area contributed by atoms with Crippen LogP contribution in [0.3, 0.4) is 0 Å². The Morgan fingerprint density at radius 1 is 1.18 bits per heavy atom. The van der Waals surface area contributed by atoms with E-state index in [-0.39, 0.29) is 30.6 Å². The van der Waals surface area contributed by atoms with Gasteiger partial charge in [0.05, 0.1) is 32.1 Å². The Kier molecular flexibility index (Phi) is 9.60. The molecule has 1 fully saturated rings. The van der Waals surface area contributed by atoms with E-state index >= 15 is 0 Å². The minimum atomic E-state index is -0.383. The van der Waals surface area contributed by atoms with Crippen LogP contribution in [0, 0.1) is 0 Å². The average molecular weight is 542 g/mol. The number of urea groups is 1. The van der Waals surface area contributed by atoms with Gasteiger partial charge in [-0.3, -0.25) is 9.69 Å². The molecule has 2 aromatic rings. The number of nitrogens with one attached hydrogen (secondary N) is 1. The van der Waals surface area contributed by atoms with Crippen molar-refractivity contribution in [2.75, 3.05) is 53.0 Å². The number of methoxy groups -OCH3 is 1. The number of carbonyl (C=O) groups excluding carboxylic acids is 2. The van der Waals surface area contributed by atoms with Crippen molar-refractivity contribution < 1.29 is 19.1 Å². The maximum atomic E-state index is 13.8. The van der Waals surface area contributed by atoms with E-state index in [9.17, 15) is 9.59 Å². The van der Waals surface area contributed by atoms with E-state index in [0.29, 0.717) is 43.5 Å². The summed E-state index contributed by atoms with van der Waals surface area (Å²) < 4.78 is 10.8. The first-order chi connectivity index (χ1) is 18.4.